The Balaban J connectivity index is 2.05. The van der Waals surface area contributed by atoms with Crippen molar-refractivity contribution in [2.45, 2.75) is 46.2 Å². The molecule has 2 rings (SSSR count). The first kappa shape index (κ1) is 15.3. The van der Waals surface area contributed by atoms with Crippen LogP contribution in [0.5, 0.6) is 0 Å². The van der Waals surface area contributed by atoms with Gasteiger partial charge in [0, 0.05) is 38.0 Å². The van der Waals surface area contributed by atoms with E-state index in [2.05, 4.69) is 49.2 Å². The second kappa shape index (κ2) is 7.09. The molecule has 0 spiro atoms. The Labute approximate surface area is 123 Å². The van der Waals surface area contributed by atoms with Crippen LogP contribution < -0.4 is 10.2 Å². The first-order valence-corrected chi connectivity index (χ1v) is 7.79. The summed E-state index contributed by atoms with van der Waals surface area (Å²) in [4.78, 5) is 2.43. The number of anilines is 1. The Morgan fingerprint density at radius 1 is 1.40 bits per heavy atom. The van der Waals surface area contributed by atoms with Crippen LogP contribution in [0.25, 0.3) is 0 Å². The smallest absolute Gasteiger partial charge is 0.0476 e. The van der Waals surface area contributed by atoms with Crippen LogP contribution in [0.3, 0.4) is 0 Å². The van der Waals surface area contributed by atoms with Gasteiger partial charge in [0.25, 0.3) is 0 Å². The van der Waals surface area contributed by atoms with Gasteiger partial charge in [-0.25, -0.2) is 0 Å². The van der Waals surface area contributed by atoms with Gasteiger partial charge in [-0.3, -0.25) is 0 Å². The second-order valence-electron chi connectivity index (χ2n) is 6.29. The minimum atomic E-state index is 0.311. The molecule has 1 unspecified atom stereocenters. The third-order valence-corrected chi connectivity index (χ3v) is 4.09. The third-order valence-electron chi connectivity index (χ3n) is 4.09. The predicted molar refractivity (Wildman–Crippen MR) is 85.2 cm³/mol. The number of hydrogen-bond acceptors (Lipinski definition) is 3. The second-order valence-corrected chi connectivity index (χ2v) is 6.29. The molecular weight excluding hydrogens is 248 g/mol. The van der Waals surface area contributed by atoms with Gasteiger partial charge < -0.3 is 15.3 Å². The molecule has 1 atom stereocenters. The molecule has 1 aliphatic rings. The lowest BCUT2D eigenvalue weighted by Crippen LogP contribution is -2.37. The Kier molecular flexibility index (Phi) is 5.44. The summed E-state index contributed by atoms with van der Waals surface area (Å²) in [6.45, 7) is 9.87. The monoisotopic (exact) mass is 276 g/mol. The molecule has 112 valence electrons. The number of rotatable bonds is 5. The fourth-order valence-corrected chi connectivity index (χ4v) is 2.94. The van der Waals surface area contributed by atoms with Crippen LogP contribution in [-0.2, 0) is 6.54 Å². The average molecular weight is 276 g/mol. The van der Waals surface area contributed by atoms with Gasteiger partial charge in [0.15, 0.2) is 0 Å². The molecule has 2 N–H and O–H groups in total. The van der Waals surface area contributed by atoms with Gasteiger partial charge in [0.2, 0.25) is 0 Å². The van der Waals surface area contributed by atoms with Crippen LogP contribution in [-0.4, -0.2) is 30.8 Å². The average Bonchev–Trinajstić information content (AvgIpc) is 2.45. The zero-order valence-electron chi connectivity index (χ0n) is 13.0. The molecule has 0 aliphatic carbocycles. The van der Waals surface area contributed by atoms with E-state index >= 15 is 0 Å². The number of piperidine rings is 1. The Hall–Kier alpha value is -1.06. The minimum Gasteiger partial charge on any atom is -0.396 e. The summed E-state index contributed by atoms with van der Waals surface area (Å²) in [5.74, 6) is 0.436. The fraction of sp³-hybridized carbons (Fsp3) is 0.647. The summed E-state index contributed by atoms with van der Waals surface area (Å²) < 4.78 is 0. The summed E-state index contributed by atoms with van der Waals surface area (Å²) >= 11 is 0. The van der Waals surface area contributed by atoms with Gasteiger partial charge in [0.05, 0.1) is 0 Å². The molecule has 3 heteroatoms. The van der Waals surface area contributed by atoms with Crippen molar-refractivity contribution in [1.82, 2.24) is 5.32 Å². The molecule has 0 aromatic heterocycles. The molecule has 0 saturated carbocycles. The SMILES string of the molecule is Cc1cc(CNC(C)C)ccc1N1CCCC(CO)C1. The summed E-state index contributed by atoms with van der Waals surface area (Å²) in [7, 11) is 0. The summed E-state index contributed by atoms with van der Waals surface area (Å²) in [6.07, 6.45) is 2.34. The summed E-state index contributed by atoms with van der Waals surface area (Å²) in [6, 6.07) is 7.27. The number of nitrogens with zero attached hydrogens (tertiary/aromatic N) is 1. The summed E-state index contributed by atoms with van der Waals surface area (Å²) in [5.41, 5.74) is 4.01. The topological polar surface area (TPSA) is 35.5 Å². The maximum atomic E-state index is 9.36. The standard InChI is InChI=1S/C17H28N2O/c1-13(2)18-10-15-6-7-17(14(3)9-15)19-8-4-5-16(11-19)12-20/h6-7,9,13,16,18,20H,4-5,8,10-12H2,1-3H3. The van der Waals surface area contributed by atoms with Gasteiger partial charge in [0.1, 0.15) is 0 Å². The van der Waals surface area contributed by atoms with Gasteiger partial charge in [-0.05, 0) is 42.9 Å². The normalized spacial score (nSPS) is 19.6. The molecule has 1 saturated heterocycles. The number of nitrogens with one attached hydrogen (secondary N) is 1. The molecule has 20 heavy (non-hydrogen) atoms. The molecule has 3 nitrogen and oxygen atoms in total. The lowest BCUT2D eigenvalue weighted by molar-refractivity contribution is 0.208. The van der Waals surface area contributed by atoms with E-state index in [-0.39, 0.29) is 0 Å². The van der Waals surface area contributed by atoms with Crippen molar-refractivity contribution in [3.8, 4) is 0 Å². The molecule has 1 aliphatic heterocycles. The third kappa shape index (κ3) is 3.97. The predicted octanol–water partition coefficient (Wildman–Crippen LogP) is 2.70. The van der Waals surface area contributed by atoms with Gasteiger partial charge >= 0.3 is 0 Å². The Morgan fingerprint density at radius 2 is 2.20 bits per heavy atom. The maximum absolute atomic E-state index is 9.36. The van der Waals surface area contributed by atoms with Crippen LogP contribution >= 0.6 is 0 Å². The number of aliphatic hydroxyl groups excluding tert-OH is 1. The van der Waals surface area contributed by atoms with Gasteiger partial charge in [-0.2, -0.15) is 0 Å². The van der Waals surface area contributed by atoms with E-state index in [1.807, 2.05) is 0 Å². The number of aliphatic hydroxyl groups is 1. The van der Waals surface area contributed by atoms with E-state index in [1.165, 1.54) is 23.2 Å². The highest BCUT2D eigenvalue weighted by Crippen LogP contribution is 2.26. The van der Waals surface area contributed by atoms with Crippen LogP contribution in [0.1, 0.15) is 37.8 Å². The summed E-state index contributed by atoms with van der Waals surface area (Å²) in [5, 5.41) is 12.8. The molecule has 1 aromatic rings. The first-order chi connectivity index (χ1) is 9.60. The van der Waals surface area contributed by atoms with E-state index in [0.717, 1.165) is 26.1 Å². The minimum absolute atomic E-state index is 0.311. The van der Waals surface area contributed by atoms with Crippen molar-refractivity contribution in [3.63, 3.8) is 0 Å². The highest BCUT2D eigenvalue weighted by Gasteiger charge is 2.20. The molecule has 1 aromatic carbocycles. The quantitative estimate of drug-likeness (QED) is 0.868. The Bertz CT molecular complexity index is 431. The van der Waals surface area contributed by atoms with Crippen molar-refractivity contribution >= 4 is 5.69 Å². The highest BCUT2D eigenvalue weighted by atomic mass is 16.3. The molecule has 1 heterocycles. The van der Waals surface area contributed by atoms with Crippen LogP contribution in [0, 0.1) is 12.8 Å². The van der Waals surface area contributed by atoms with E-state index < -0.39 is 0 Å². The van der Waals surface area contributed by atoms with E-state index in [9.17, 15) is 5.11 Å². The maximum Gasteiger partial charge on any atom is 0.0476 e. The van der Waals surface area contributed by atoms with Crippen LogP contribution in [0.15, 0.2) is 18.2 Å². The number of benzene rings is 1. The molecule has 1 fully saturated rings. The van der Waals surface area contributed by atoms with Crippen molar-refractivity contribution in [3.05, 3.63) is 29.3 Å². The fourth-order valence-electron chi connectivity index (χ4n) is 2.94. The van der Waals surface area contributed by atoms with Crippen molar-refractivity contribution in [2.24, 2.45) is 5.92 Å². The lowest BCUT2D eigenvalue weighted by Gasteiger charge is -2.34. The molecule has 0 bridgehead atoms. The number of aryl methyl sites for hydroxylation is 1. The zero-order valence-corrected chi connectivity index (χ0v) is 13.0. The van der Waals surface area contributed by atoms with E-state index in [0.29, 0.717) is 18.6 Å². The highest BCUT2D eigenvalue weighted by molar-refractivity contribution is 5.54. The first-order valence-electron chi connectivity index (χ1n) is 7.79. The van der Waals surface area contributed by atoms with E-state index in [1.54, 1.807) is 0 Å². The van der Waals surface area contributed by atoms with Crippen molar-refractivity contribution in [1.29, 1.82) is 0 Å². The Morgan fingerprint density at radius 3 is 2.85 bits per heavy atom. The molecular formula is C17H28N2O. The lowest BCUT2D eigenvalue weighted by atomic mass is 9.97. The number of hydrogen-bond donors (Lipinski definition) is 2. The van der Waals surface area contributed by atoms with E-state index in [4.69, 9.17) is 0 Å². The molecule has 0 amide bonds. The van der Waals surface area contributed by atoms with Crippen molar-refractivity contribution < 1.29 is 5.11 Å². The zero-order chi connectivity index (χ0) is 14.5. The van der Waals surface area contributed by atoms with Gasteiger partial charge in [-0.1, -0.05) is 26.0 Å². The van der Waals surface area contributed by atoms with Crippen LogP contribution in [0.2, 0.25) is 0 Å². The van der Waals surface area contributed by atoms with Gasteiger partial charge in [-0.15, -0.1) is 0 Å². The van der Waals surface area contributed by atoms with Crippen LogP contribution in [0.4, 0.5) is 5.69 Å². The van der Waals surface area contributed by atoms with Crippen molar-refractivity contribution in [2.75, 3.05) is 24.6 Å². The largest absolute Gasteiger partial charge is 0.396 e. The molecule has 0 radical (unpaired) electrons.